The smallest absolute Gasteiger partial charge is 0.144 e. The van der Waals surface area contributed by atoms with Crippen molar-refractivity contribution in [1.29, 1.82) is 0 Å². The van der Waals surface area contributed by atoms with Gasteiger partial charge in [-0.1, -0.05) is 13.8 Å². The zero-order chi connectivity index (χ0) is 9.26. The Morgan fingerprint density at radius 3 is 2.15 bits per heavy atom. The highest BCUT2D eigenvalue weighted by Crippen LogP contribution is 2.22. The van der Waals surface area contributed by atoms with Crippen molar-refractivity contribution in [1.82, 2.24) is 4.90 Å². The SMILES string of the molecule is CCN(CC)C1CC2CC[NH+]1CC2. The van der Waals surface area contributed by atoms with E-state index in [-0.39, 0.29) is 0 Å². The van der Waals surface area contributed by atoms with E-state index in [1.165, 1.54) is 45.4 Å². The van der Waals surface area contributed by atoms with E-state index in [1.807, 2.05) is 4.90 Å². The molecule has 2 nitrogen and oxygen atoms in total. The van der Waals surface area contributed by atoms with Gasteiger partial charge in [0.2, 0.25) is 0 Å². The van der Waals surface area contributed by atoms with E-state index >= 15 is 0 Å². The van der Waals surface area contributed by atoms with Crippen LogP contribution in [0.3, 0.4) is 0 Å². The van der Waals surface area contributed by atoms with Crippen LogP contribution in [0.25, 0.3) is 0 Å². The van der Waals surface area contributed by atoms with Crippen LogP contribution in [0.4, 0.5) is 0 Å². The van der Waals surface area contributed by atoms with Gasteiger partial charge in [-0.3, -0.25) is 4.90 Å². The van der Waals surface area contributed by atoms with Crippen LogP contribution in [0.1, 0.15) is 33.1 Å². The molecule has 0 aromatic rings. The lowest BCUT2D eigenvalue weighted by atomic mass is 9.86. The topological polar surface area (TPSA) is 7.68 Å². The molecular formula is C11H23N2+. The van der Waals surface area contributed by atoms with Crippen molar-refractivity contribution in [3.05, 3.63) is 0 Å². The average molecular weight is 183 g/mol. The molecule has 2 heteroatoms. The van der Waals surface area contributed by atoms with Gasteiger partial charge in [0, 0.05) is 19.5 Å². The molecule has 13 heavy (non-hydrogen) atoms. The first-order valence-electron chi connectivity index (χ1n) is 5.93. The Hall–Kier alpha value is -0.0800. The zero-order valence-electron chi connectivity index (χ0n) is 9.05. The van der Waals surface area contributed by atoms with E-state index in [1.54, 1.807) is 0 Å². The molecule has 0 saturated carbocycles. The summed E-state index contributed by atoms with van der Waals surface area (Å²) in [5.74, 6) is 1.06. The van der Waals surface area contributed by atoms with E-state index in [2.05, 4.69) is 18.7 Å². The van der Waals surface area contributed by atoms with Gasteiger partial charge in [0.05, 0.1) is 13.1 Å². The van der Waals surface area contributed by atoms with Crippen molar-refractivity contribution >= 4 is 0 Å². The second-order valence-corrected chi connectivity index (χ2v) is 4.57. The number of hydrogen-bond acceptors (Lipinski definition) is 1. The lowest BCUT2D eigenvalue weighted by Gasteiger charge is -2.46. The highest BCUT2D eigenvalue weighted by Gasteiger charge is 2.39. The second kappa shape index (κ2) is 3.97. The molecule has 0 amide bonds. The van der Waals surface area contributed by atoms with Gasteiger partial charge in [0.15, 0.2) is 0 Å². The summed E-state index contributed by atoms with van der Waals surface area (Å²) < 4.78 is 0. The fourth-order valence-electron chi connectivity index (χ4n) is 3.17. The predicted octanol–water partition coefficient (Wildman–Crippen LogP) is 0.353. The van der Waals surface area contributed by atoms with E-state index < -0.39 is 0 Å². The van der Waals surface area contributed by atoms with Crippen LogP contribution in [-0.2, 0) is 0 Å². The molecule has 3 aliphatic rings. The number of quaternary nitrogens is 1. The summed E-state index contributed by atoms with van der Waals surface area (Å²) >= 11 is 0. The van der Waals surface area contributed by atoms with Crippen LogP contribution in [0, 0.1) is 5.92 Å². The van der Waals surface area contributed by atoms with Crippen LogP contribution < -0.4 is 4.90 Å². The van der Waals surface area contributed by atoms with Gasteiger partial charge in [0.1, 0.15) is 6.17 Å². The van der Waals surface area contributed by atoms with Gasteiger partial charge >= 0.3 is 0 Å². The highest BCUT2D eigenvalue weighted by molar-refractivity contribution is 4.74. The van der Waals surface area contributed by atoms with E-state index in [4.69, 9.17) is 0 Å². The number of nitrogens with one attached hydrogen (secondary N) is 1. The highest BCUT2D eigenvalue weighted by atomic mass is 15.4. The van der Waals surface area contributed by atoms with Crippen LogP contribution in [0.2, 0.25) is 0 Å². The Bertz CT molecular complexity index is 155. The summed E-state index contributed by atoms with van der Waals surface area (Å²) in [4.78, 5) is 4.52. The normalized spacial score (nSPS) is 38.5. The average Bonchev–Trinajstić information content (AvgIpc) is 2.22. The minimum absolute atomic E-state index is 0.863. The van der Waals surface area contributed by atoms with Gasteiger partial charge in [-0.15, -0.1) is 0 Å². The summed E-state index contributed by atoms with van der Waals surface area (Å²) in [5.41, 5.74) is 0. The number of fused-ring (bicyclic) bond motifs is 3. The number of piperidine rings is 3. The lowest BCUT2D eigenvalue weighted by molar-refractivity contribution is -0.953. The Balaban J connectivity index is 1.99. The van der Waals surface area contributed by atoms with Crippen molar-refractivity contribution in [3.63, 3.8) is 0 Å². The molecule has 3 rings (SSSR count). The molecule has 0 aromatic carbocycles. The minimum atomic E-state index is 0.863. The van der Waals surface area contributed by atoms with Crippen molar-refractivity contribution < 1.29 is 4.90 Å². The summed E-state index contributed by atoms with van der Waals surface area (Å²) in [7, 11) is 0. The third kappa shape index (κ3) is 1.75. The maximum atomic E-state index is 2.65. The summed E-state index contributed by atoms with van der Waals surface area (Å²) in [6, 6.07) is 0. The minimum Gasteiger partial charge on any atom is -0.320 e. The fourth-order valence-corrected chi connectivity index (χ4v) is 3.17. The van der Waals surface area contributed by atoms with Gasteiger partial charge < -0.3 is 4.90 Å². The van der Waals surface area contributed by atoms with Crippen molar-refractivity contribution in [2.45, 2.75) is 39.3 Å². The molecule has 3 fully saturated rings. The van der Waals surface area contributed by atoms with Gasteiger partial charge in [-0.25, -0.2) is 0 Å². The van der Waals surface area contributed by atoms with Crippen LogP contribution >= 0.6 is 0 Å². The number of nitrogens with zero attached hydrogens (tertiary/aromatic N) is 1. The molecule has 3 saturated heterocycles. The molecular weight excluding hydrogens is 160 g/mol. The number of rotatable bonds is 3. The molecule has 1 atom stereocenters. The third-order valence-electron chi connectivity index (χ3n) is 4.03. The Morgan fingerprint density at radius 1 is 1.15 bits per heavy atom. The molecule has 0 spiro atoms. The molecule has 1 unspecified atom stereocenters. The monoisotopic (exact) mass is 183 g/mol. The second-order valence-electron chi connectivity index (χ2n) is 4.57. The predicted molar refractivity (Wildman–Crippen MR) is 54.7 cm³/mol. The maximum absolute atomic E-state index is 2.65. The van der Waals surface area contributed by atoms with Gasteiger partial charge in [-0.2, -0.15) is 0 Å². The van der Waals surface area contributed by atoms with E-state index in [9.17, 15) is 0 Å². The quantitative estimate of drug-likeness (QED) is 0.663. The zero-order valence-corrected chi connectivity index (χ0v) is 9.05. The number of hydrogen-bond donors (Lipinski definition) is 1. The largest absolute Gasteiger partial charge is 0.320 e. The van der Waals surface area contributed by atoms with Gasteiger partial charge in [-0.05, 0) is 18.8 Å². The molecule has 2 bridgehead atoms. The first-order valence-corrected chi connectivity index (χ1v) is 5.93. The van der Waals surface area contributed by atoms with E-state index in [0.29, 0.717) is 0 Å². The Labute approximate surface area is 81.9 Å². The molecule has 0 aromatic heterocycles. The van der Waals surface area contributed by atoms with Crippen LogP contribution in [0.15, 0.2) is 0 Å². The summed E-state index contributed by atoms with van der Waals surface area (Å²) in [6.07, 6.45) is 5.32. The van der Waals surface area contributed by atoms with Crippen molar-refractivity contribution in [2.24, 2.45) is 5.92 Å². The standard InChI is InChI=1S/C11H22N2/c1-3-12(4-2)11-9-10-5-7-13(11)8-6-10/h10-11H,3-9H2,1-2H3/p+1. The first kappa shape index (κ1) is 9.47. The molecule has 3 aliphatic heterocycles. The molecule has 0 aliphatic carbocycles. The van der Waals surface area contributed by atoms with Crippen molar-refractivity contribution in [3.8, 4) is 0 Å². The van der Waals surface area contributed by atoms with E-state index in [0.717, 1.165) is 12.1 Å². The first-order chi connectivity index (χ1) is 6.35. The maximum Gasteiger partial charge on any atom is 0.144 e. The Kier molecular flexibility index (Phi) is 2.89. The molecule has 0 radical (unpaired) electrons. The van der Waals surface area contributed by atoms with Crippen LogP contribution in [0.5, 0.6) is 0 Å². The summed E-state index contributed by atoms with van der Waals surface area (Å²) in [6.45, 7) is 9.94. The summed E-state index contributed by atoms with van der Waals surface area (Å²) in [5, 5.41) is 0. The van der Waals surface area contributed by atoms with Crippen molar-refractivity contribution in [2.75, 3.05) is 26.2 Å². The fraction of sp³-hybridized carbons (Fsp3) is 1.00. The lowest BCUT2D eigenvalue weighted by Crippen LogP contribution is -3.20. The van der Waals surface area contributed by atoms with Gasteiger partial charge in [0.25, 0.3) is 0 Å². The molecule has 1 N–H and O–H groups in total. The molecule has 76 valence electrons. The Morgan fingerprint density at radius 2 is 1.77 bits per heavy atom. The van der Waals surface area contributed by atoms with Crippen LogP contribution in [-0.4, -0.2) is 37.2 Å². The third-order valence-corrected chi connectivity index (χ3v) is 4.03. The molecule has 3 heterocycles.